The van der Waals surface area contributed by atoms with Gasteiger partial charge in [0, 0.05) is 6.42 Å². The molecule has 1 heterocycles. The van der Waals surface area contributed by atoms with Crippen molar-refractivity contribution in [2.75, 3.05) is 13.2 Å². The van der Waals surface area contributed by atoms with E-state index >= 15 is 0 Å². The first-order valence-corrected chi connectivity index (χ1v) is 22.9. The molecule has 1 aliphatic heterocycles. The number of unbranched alkanes of at least 4 members (excludes halogenated alkanes) is 21. The van der Waals surface area contributed by atoms with Gasteiger partial charge in [0.05, 0.1) is 25.4 Å². The van der Waals surface area contributed by atoms with Gasteiger partial charge in [-0.25, -0.2) is 0 Å². The largest absolute Gasteiger partial charge is 0.394 e. The second-order valence-corrected chi connectivity index (χ2v) is 15.8. The van der Waals surface area contributed by atoms with Crippen molar-refractivity contribution in [2.24, 2.45) is 0 Å². The molecule has 1 aliphatic rings. The Kier molecular flexibility index (Phi) is 34.9. The van der Waals surface area contributed by atoms with Crippen LogP contribution in [0.25, 0.3) is 0 Å². The van der Waals surface area contributed by atoms with E-state index in [0.717, 1.165) is 64.2 Å². The summed E-state index contributed by atoms with van der Waals surface area (Å²) >= 11 is 0. The SMILES string of the molecule is CCCCCC/C=C/C(O)C(COC1OC(CO)C(O)C(O)C1O)NC(=O)CCCCCCCCCCCCCC/C=C\C/C=C\C/C=C\CCCCCCC. The monoisotopic (exact) mass is 792 g/mol. The van der Waals surface area contributed by atoms with Crippen molar-refractivity contribution in [3.05, 3.63) is 48.6 Å². The maximum Gasteiger partial charge on any atom is 0.220 e. The predicted molar refractivity (Wildman–Crippen MR) is 230 cm³/mol. The summed E-state index contributed by atoms with van der Waals surface area (Å²) in [6.07, 6.45) is 40.6. The Morgan fingerprint density at radius 2 is 1.05 bits per heavy atom. The van der Waals surface area contributed by atoms with E-state index in [1.165, 1.54) is 103 Å². The van der Waals surface area contributed by atoms with Gasteiger partial charge < -0.3 is 40.3 Å². The highest BCUT2D eigenvalue weighted by Gasteiger charge is 2.44. The Morgan fingerprint density at radius 1 is 0.607 bits per heavy atom. The van der Waals surface area contributed by atoms with Gasteiger partial charge in [-0.1, -0.05) is 172 Å². The smallest absolute Gasteiger partial charge is 0.220 e. The van der Waals surface area contributed by atoms with Gasteiger partial charge in [0.25, 0.3) is 0 Å². The van der Waals surface area contributed by atoms with Crippen LogP contribution in [0.5, 0.6) is 0 Å². The van der Waals surface area contributed by atoms with E-state index in [4.69, 9.17) is 9.47 Å². The third-order valence-corrected chi connectivity index (χ3v) is 10.6. The lowest BCUT2D eigenvalue weighted by Gasteiger charge is -2.40. The maximum absolute atomic E-state index is 12.9. The quantitative estimate of drug-likeness (QED) is 0.0269. The molecule has 1 rings (SSSR count). The number of allylic oxidation sites excluding steroid dienone is 7. The Morgan fingerprint density at radius 3 is 1.57 bits per heavy atom. The van der Waals surface area contributed by atoms with Crippen molar-refractivity contribution in [1.82, 2.24) is 5.32 Å². The molecule has 7 unspecified atom stereocenters. The summed E-state index contributed by atoms with van der Waals surface area (Å²) in [5.74, 6) is -0.187. The van der Waals surface area contributed by atoms with E-state index in [-0.39, 0.29) is 12.5 Å². The van der Waals surface area contributed by atoms with Crippen LogP contribution in [-0.2, 0) is 14.3 Å². The summed E-state index contributed by atoms with van der Waals surface area (Å²) in [5, 5.41) is 53.8. The lowest BCUT2D eigenvalue weighted by atomic mass is 9.99. The molecule has 0 aromatic heterocycles. The molecule has 0 radical (unpaired) electrons. The number of carbonyl (C=O) groups is 1. The molecule has 0 aromatic carbocycles. The molecule has 326 valence electrons. The van der Waals surface area contributed by atoms with Crippen LogP contribution >= 0.6 is 0 Å². The lowest BCUT2D eigenvalue weighted by molar-refractivity contribution is -0.302. The van der Waals surface area contributed by atoms with Crippen molar-refractivity contribution in [3.8, 4) is 0 Å². The Balaban J connectivity index is 2.15. The molecule has 9 nitrogen and oxygen atoms in total. The van der Waals surface area contributed by atoms with Gasteiger partial charge in [0.15, 0.2) is 6.29 Å². The molecule has 0 aromatic rings. The topological polar surface area (TPSA) is 149 Å². The van der Waals surface area contributed by atoms with Crippen LogP contribution in [0.1, 0.15) is 187 Å². The van der Waals surface area contributed by atoms with Crippen LogP contribution in [0.4, 0.5) is 0 Å². The van der Waals surface area contributed by atoms with Gasteiger partial charge in [-0.05, 0) is 57.8 Å². The molecule has 9 heteroatoms. The Labute approximate surface area is 342 Å². The molecular formula is C47H85NO8. The highest BCUT2D eigenvalue weighted by molar-refractivity contribution is 5.76. The van der Waals surface area contributed by atoms with Gasteiger partial charge in [-0.15, -0.1) is 0 Å². The van der Waals surface area contributed by atoms with Gasteiger partial charge in [0.1, 0.15) is 24.4 Å². The van der Waals surface area contributed by atoms with Crippen LogP contribution in [0.2, 0.25) is 0 Å². The van der Waals surface area contributed by atoms with Gasteiger partial charge in [-0.2, -0.15) is 0 Å². The zero-order valence-corrected chi connectivity index (χ0v) is 35.6. The summed E-state index contributed by atoms with van der Waals surface area (Å²) < 4.78 is 11.1. The molecule has 0 saturated carbocycles. The van der Waals surface area contributed by atoms with Gasteiger partial charge >= 0.3 is 0 Å². The van der Waals surface area contributed by atoms with Crippen molar-refractivity contribution < 1.29 is 39.8 Å². The van der Waals surface area contributed by atoms with E-state index in [0.29, 0.717) is 6.42 Å². The van der Waals surface area contributed by atoms with Gasteiger partial charge in [-0.3, -0.25) is 4.79 Å². The minimum Gasteiger partial charge on any atom is -0.394 e. The van der Waals surface area contributed by atoms with E-state index < -0.39 is 49.5 Å². The zero-order chi connectivity index (χ0) is 40.9. The highest BCUT2D eigenvalue weighted by atomic mass is 16.7. The van der Waals surface area contributed by atoms with Crippen molar-refractivity contribution in [1.29, 1.82) is 0 Å². The Hall–Kier alpha value is -1.85. The minimum absolute atomic E-state index is 0.187. The molecule has 1 amide bonds. The zero-order valence-electron chi connectivity index (χ0n) is 35.6. The van der Waals surface area contributed by atoms with Crippen LogP contribution in [0.3, 0.4) is 0 Å². The predicted octanol–water partition coefficient (Wildman–Crippen LogP) is 9.45. The van der Waals surface area contributed by atoms with E-state index in [2.05, 4.69) is 55.6 Å². The summed E-state index contributed by atoms with van der Waals surface area (Å²) in [7, 11) is 0. The maximum atomic E-state index is 12.9. The van der Waals surface area contributed by atoms with E-state index in [9.17, 15) is 30.3 Å². The number of rotatable bonds is 37. The first-order chi connectivity index (χ1) is 27.3. The van der Waals surface area contributed by atoms with Crippen LogP contribution in [0, 0.1) is 0 Å². The third kappa shape index (κ3) is 27.7. The summed E-state index contributed by atoms with van der Waals surface area (Å²) in [6, 6.07) is -0.802. The number of hydrogen-bond donors (Lipinski definition) is 6. The first-order valence-electron chi connectivity index (χ1n) is 22.9. The number of ether oxygens (including phenoxy) is 2. The number of carbonyl (C=O) groups excluding carboxylic acids is 1. The fraction of sp³-hybridized carbons (Fsp3) is 0.809. The molecule has 0 aliphatic carbocycles. The summed E-state index contributed by atoms with van der Waals surface area (Å²) in [4.78, 5) is 12.9. The summed E-state index contributed by atoms with van der Waals surface area (Å²) in [6.45, 7) is 3.66. The molecular weight excluding hydrogens is 707 g/mol. The Bertz CT molecular complexity index is 1010. The molecule has 1 fully saturated rings. The second-order valence-electron chi connectivity index (χ2n) is 15.8. The van der Waals surface area contributed by atoms with Crippen LogP contribution < -0.4 is 5.32 Å². The number of aliphatic hydroxyl groups is 5. The lowest BCUT2D eigenvalue weighted by Crippen LogP contribution is -2.60. The van der Waals surface area contributed by atoms with Crippen LogP contribution in [0.15, 0.2) is 48.6 Å². The van der Waals surface area contributed by atoms with Crippen LogP contribution in [-0.4, -0.2) is 87.5 Å². The average Bonchev–Trinajstić information content (AvgIpc) is 3.20. The second kappa shape index (κ2) is 37.4. The number of amides is 1. The minimum atomic E-state index is -1.56. The van der Waals surface area contributed by atoms with E-state index in [1.54, 1.807) is 6.08 Å². The molecule has 0 bridgehead atoms. The van der Waals surface area contributed by atoms with Gasteiger partial charge in [0.2, 0.25) is 5.91 Å². The van der Waals surface area contributed by atoms with Crippen molar-refractivity contribution in [3.63, 3.8) is 0 Å². The standard InChI is InChI=1S/C47H85NO8/c1-3-5-7-9-11-12-13-14-15-16-17-18-19-20-21-22-23-24-25-26-27-28-29-30-31-33-35-37-43(51)48-40(41(50)36-34-32-10-8-6-4-2)39-55-47-46(54)45(53)44(52)42(38-49)56-47/h13-14,16-17,19-20,34,36,40-42,44-47,49-50,52-54H,3-12,15,18,21-33,35,37-39H2,1-2H3,(H,48,51)/b14-13-,17-16-,20-19-,36-34+. The fourth-order valence-electron chi connectivity index (χ4n) is 6.93. The molecule has 6 N–H and O–H groups in total. The third-order valence-electron chi connectivity index (χ3n) is 10.6. The number of aliphatic hydroxyl groups excluding tert-OH is 5. The summed E-state index contributed by atoms with van der Waals surface area (Å²) in [5.41, 5.74) is 0. The number of nitrogens with one attached hydrogen (secondary N) is 1. The normalized spacial score (nSPS) is 21.6. The van der Waals surface area contributed by atoms with E-state index in [1.807, 2.05) is 6.08 Å². The molecule has 56 heavy (non-hydrogen) atoms. The number of hydrogen-bond acceptors (Lipinski definition) is 8. The fourth-order valence-corrected chi connectivity index (χ4v) is 6.93. The first kappa shape index (κ1) is 52.2. The highest BCUT2D eigenvalue weighted by Crippen LogP contribution is 2.22. The molecule has 0 spiro atoms. The molecule has 7 atom stereocenters. The molecule has 1 saturated heterocycles. The van der Waals surface area contributed by atoms with Crippen molar-refractivity contribution >= 4 is 5.91 Å². The average molecular weight is 792 g/mol. The van der Waals surface area contributed by atoms with Crippen molar-refractivity contribution in [2.45, 2.75) is 230 Å².